The van der Waals surface area contributed by atoms with E-state index in [1.54, 1.807) is 5.57 Å². The molecular formula is C73H165N9. The molecule has 0 spiro atoms. The zero-order valence-electron chi connectivity index (χ0n) is 55.3. The fourth-order valence-corrected chi connectivity index (χ4v) is 12.6. The van der Waals surface area contributed by atoms with Crippen LogP contribution in [0.1, 0.15) is 257 Å². The molecule has 7 heterocycles. The fraction of sp³-hybridized carbons (Fsp3) is 0.973. The molecule has 7 aliphatic heterocycles. The Kier molecular flexibility index (Phi) is 54.5. The van der Waals surface area contributed by atoms with Crippen LogP contribution < -0.4 is 0 Å². The van der Waals surface area contributed by atoms with Gasteiger partial charge < -0.3 is 19.6 Å². The summed E-state index contributed by atoms with van der Waals surface area (Å²) in [6.45, 7) is 78.4. The van der Waals surface area contributed by atoms with Gasteiger partial charge in [-0.2, -0.15) is 0 Å². The number of piperazine rings is 1. The van der Waals surface area contributed by atoms with E-state index in [9.17, 15) is 0 Å². The highest BCUT2D eigenvalue weighted by Crippen LogP contribution is 2.33. The average molecular weight is 1170 g/mol. The van der Waals surface area contributed by atoms with Crippen molar-refractivity contribution in [1.29, 1.82) is 0 Å². The van der Waals surface area contributed by atoms with Gasteiger partial charge in [0.15, 0.2) is 0 Å². The second kappa shape index (κ2) is 48.3. The summed E-state index contributed by atoms with van der Waals surface area (Å²) in [5.41, 5.74) is 1.65. The monoisotopic (exact) mass is 1170 g/mol. The summed E-state index contributed by atoms with van der Waals surface area (Å²) < 4.78 is 0. The van der Waals surface area contributed by atoms with Crippen molar-refractivity contribution >= 4 is 0 Å². The first-order valence-electron chi connectivity index (χ1n) is 32.5. The first-order valence-corrected chi connectivity index (χ1v) is 32.5. The minimum Gasteiger partial charge on any atom is -0.301 e. The molecule has 502 valence electrons. The van der Waals surface area contributed by atoms with Gasteiger partial charge in [-0.3, -0.25) is 24.5 Å². The minimum atomic E-state index is 0. The molecule has 0 atom stereocenters. The van der Waals surface area contributed by atoms with Gasteiger partial charge in [-0.1, -0.05) is 105 Å². The number of piperidine rings is 2. The number of rotatable bonds is 12. The highest BCUT2D eigenvalue weighted by Gasteiger charge is 2.41. The minimum absolute atomic E-state index is 0. The Balaban J connectivity index is -0.000000208. The van der Waals surface area contributed by atoms with Gasteiger partial charge >= 0.3 is 0 Å². The van der Waals surface area contributed by atoms with Crippen LogP contribution in [0.4, 0.5) is 0 Å². The molecular weight excluding hydrogens is 1000 g/mol. The van der Waals surface area contributed by atoms with Gasteiger partial charge in [-0.25, -0.2) is 0 Å². The Morgan fingerprint density at radius 2 is 0.512 bits per heavy atom. The van der Waals surface area contributed by atoms with Crippen LogP contribution in [-0.2, 0) is 0 Å². The normalized spacial score (nSPS) is 22.4. The van der Waals surface area contributed by atoms with Gasteiger partial charge in [0.05, 0.1) is 0 Å². The Bertz CT molecular complexity index is 1260. The van der Waals surface area contributed by atoms with Gasteiger partial charge in [0.2, 0.25) is 0 Å². The SMILES string of the molecule is C.C.C.C.C.C.C.CC(C)C1=CCN(C(C)C)CC1.CC(C)C1CCN(C(C)C)CC1.CC(C)C1CCN(C(C)C)CC1.CC(C)N1CC2CN(C(C)C)CC2C1.CC(C)N1CCCN(C(C)C)CC1.CC(C)N1CCN(C(C)C)CC1. The van der Waals surface area contributed by atoms with Gasteiger partial charge in [-0.15, -0.1) is 0 Å². The van der Waals surface area contributed by atoms with E-state index in [0.717, 1.165) is 84.2 Å². The van der Waals surface area contributed by atoms with Crippen molar-refractivity contribution in [2.45, 2.75) is 311 Å². The lowest BCUT2D eigenvalue weighted by molar-refractivity contribution is 0.0887. The molecule has 9 nitrogen and oxygen atoms in total. The molecule has 0 radical (unpaired) electrons. The molecule has 0 aromatic carbocycles. The quantitative estimate of drug-likeness (QED) is 0.177. The Morgan fingerprint density at radius 1 is 0.280 bits per heavy atom. The van der Waals surface area contributed by atoms with E-state index in [1.165, 1.54) is 150 Å². The molecule has 7 rings (SSSR count). The molecule has 0 amide bonds. The molecule has 0 saturated carbocycles. The molecule has 6 fully saturated rings. The summed E-state index contributed by atoms with van der Waals surface area (Å²) >= 11 is 0. The Morgan fingerprint density at radius 3 is 0.707 bits per heavy atom. The van der Waals surface area contributed by atoms with E-state index < -0.39 is 0 Å². The van der Waals surface area contributed by atoms with Crippen LogP contribution in [0.2, 0.25) is 0 Å². The molecule has 6 saturated heterocycles. The topological polar surface area (TPSA) is 29.2 Å². The smallest absolute Gasteiger partial charge is 0.0168 e. The molecule has 9 heteroatoms. The second-order valence-electron chi connectivity index (χ2n) is 28.2. The van der Waals surface area contributed by atoms with Crippen LogP contribution in [0.5, 0.6) is 0 Å². The number of hydrogen-bond donors (Lipinski definition) is 0. The molecule has 0 aromatic rings. The first-order chi connectivity index (χ1) is 35.1. The standard InChI is InChI=1S/C12H24N2.C11H24N2.2C11H23N.C11H21N.C10H22N2.7CH4/c1-9(2)13-5-11-7-14(10(3)4)8-12(11)6-13;1-10(2)12-6-5-7-13(9-8-12)11(3)4;4*1-9(2)11-5-7-12(8-6-11)10(3)4;;;;;;;/h9-12H,5-8H2,1-4H3;10-11H,5-9H2,1-4H3;2*9-11H,5-8H2,1-4H3;5,9-10H,6-8H2,1-4H3;9-10H,5-8H2,1-4H3;7*1H4. The maximum absolute atomic E-state index is 2.65. The first kappa shape index (κ1) is 92.5. The summed E-state index contributed by atoms with van der Waals surface area (Å²) in [5.74, 6) is 6.41. The van der Waals surface area contributed by atoms with E-state index in [2.05, 4.69) is 216 Å². The highest BCUT2D eigenvalue weighted by atomic mass is 15.3. The van der Waals surface area contributed by atoms with Crippen molar-refractivity contribution < 1.29 is 0 Å². The van der Waals surface area contributed by atoms with E-state index >= 15 is 0 Å². The largest absolute Gasteiger partial charge is 0.301 e. The third kappa shape index (κ3) is 34.8. The van der Waals surface area contributed by atoms with Crippen molar-refractivity contribution in [1.82, 2.24) is 44.1 Å². The van der Waals surface area contributed by atoms with Crippen molar-refractivity contribution in [3.8, 4) is 0 Å². The van der Waals surface area contributed by atoms with Gasteiger partial charge in [0.25, 0.3) is 0 Å². The maximum atomic E-state index is 2.65. The van der Waals surface area contributed by atoms with Crippen LogP contribution in [0.25, 0.3) is 0 Å². The molecule has 0 unspecified atom stereocenters. The van der Waals surface area contributed by atoms with Gasteiger partial charge in [0.1, 0.15) is 0 Å². The number of fused-ring (bicyclic) bond motifs is 1. The van der Waals surface area contributed by atoms with E-state index in [1.807, 2.05) is 0 Å². The summed E-state index contributed by atoms with van der Waals surface area (Å²) in [7, 11) is 0. The highest BCUT2D eigenvalue weighted by molar-refractivity contribution is 5.09. The Hall–Kier alpha value is -0.620. The summed E-state index contributed by atoms with van der Waals surface area (Å²) in [6, 6.07) is 6.56. The molecule has 0 bridgehead atoms. The summed E-state index contributed by atoms with van der Waals surface area (Å²) in [4.78, 5) is 23.3. The predicted molar refractivity (Wildman–Crippen MR) is 382 cm³/mol. The van der Waals surface area contributed by atoms with Gasteiger partial charge in [0, 0.05) is 133 Å². The van der Waals surface area contributed by atoms with Crippen molar-refractivity contribution in [3.05, 3.63) is 11.6 Å². The molecule has 0 aliphatic carbocycles. The molecule has 0 N–H and O–H groups in total. The molecule has 7 aliphatic rings. The van der Waals surface area contributed by atoms with Crippen molar-refractivity contribution in [3.63, 3.8) is 0 Å². The van der Waals surface area contributed by atoms with Gasteiger partial charge in [-0.05, 0) is 244 Å². The third-order valence-corrected chi connectivity index (χ3v) is 19.1. The van der Waals surface area contributed by atoms with E-state index in [-0.39, 0.29) is 52.0 Å². The summed E-state index contributed by atoms with van der Waals surface area (Å²) in [6.07, 6.45) is 10.7. The van der Waals surface area contributed by atoms with E-state index in [0.29, 0.717) is 18.1 Å². The average Bonchev–Trinajstić information content (AvgIpc) is 3.86. The van der Waals surface area contributed by atoms with Crippen LogP contribution >= 0.6 is 0 Å². The van der Waals surface area contributed by atoms with Crippen LogP contribution in [0, 0.1) is 41.4 Å². The molecule has 0 aromatic heterocycles. The Labute approximate surface area is 523 Å². The molecule has 82 heavy (non-hydrogen) atoms. The van der Waals surface area contributed by atoms with E-state index in [4.69, 9.17) is 0 Å². The van der Waals surface area contributed by atoms with Crippen LogP contribution in [-0.4, -0.2) is 216 Å². The zero-order chi connectivity index (χ0) is 56.7. The van der Waals surface area contributed by atoms with Crippen LogP contribution in [0.3, 0.4) is 0 Å². The number of nitrogens with zero attached hydrogens (tertiary/aromatic N) is 9. The fourth-order valence-electron chi connectivity index (χ4n) is 12.6. The van der Waals surface area contributed by atoms with Crippen LogP contribution in [0.15, 0.2) is 11.6 Å². The zero-order valence-corrected chi connectivity index (χ0v) is 55.3. The lowest BCUT2D eigenvalue weighted by Crippen LogP contribution is -2.50. The second-order valence-corrected chi connectivity index (χ2v) is 28.2. The summed E-state index contributed by atoms with van der Waals surface area (Å²) in [5, 5.41) is 0. The number of hydrogen-bond acceptors (Lipinski definition) is 9. The van der Waals surface area contributed by atoms with Crippen molar-refractivity contribution in [2.24, 2.45) is 41.4 Å². The number of likely N-dealkylation sites (tertiary alicyclic amines) is 4. The predicted octanol–water partition coefficient (Wildman–Crippen LogP) is 17.6. The maximum Gasteiger partial charge on any atom is 0.0168 e. The lowest BCUT2D eigenvalue weighted by Gasteiger charge is -2.38. The third-order valence-electron chi connectivity index (χ3n) is 19.1. The lowest BCUT2D eigenvalue weighted by atomic mass is 9.86. The van der Waals surface area contributed by atoms with Crippen molar-refractivity contribution in [2.75, 3.05) is 118 Å².